The first-order valence-corrected chi connectivity index (χ1v) is 11.1. The van der Waals surface area contributed by atoms with E-state index in [1.165, 1.54) is 12.1 Å². The third kappa shape index (κ3) is 3.51. The maximum atomic E-state index is 14.5. The van der Waals surface area contributed by atoms with E-state index in [1.807, 2.05) is 0 Å². The SMILES string of the molecule is CC(C)[Si](C#Cc1c(F)ccc2nc(Cl)[nH]c(=O)c12)(C(C)C)C(C)C. The van der Waals surface area contributed by atoms with Crippen LogP contribution in [0.5, 0.6) is 0 Å². The lowest BCUT2D eigenvalue weighted by atomic mass is 10.1. The standard InChI is InChI=1S/C19H24ClFN2OSi/c1-11(2)25(12(3)4,13(5)6)10-9-14-15(21)7-8-16-17(14)18(24)23-19(20)22-16/h7-8,11-13H,1-6H3,(H,22,23,24). The summed E-state index contributed by atoms with van der Waals surface area (Å²) in [7, 11) is -2.04. The number of hydrogen-bond acceptors (Lipinski definition) is 2. The van der Waals surface area contributed by atoms with Crippen LogP contribution in [0.25, 0.3) is 10.9 Å². The molecule has 1 aromatic heterocycles. The predicted octanol–water partition coefficient (Wildman–Crippen LogP) is 5.29. The zero-order valence-electron chi connectivity index (χ0n) is 15.5. The van der Waals surface area contributed by atoms with Crippen LogP contribution in [0.15, 0.2) is 16.9 Å². The van der Waals surface area contributed by atoms with Gasteiger partial charge in [0.2, 0.25) is 5.28 Å². The van der Waals surface area contributed by atoms with Gasteiger partial charge >= 0.3 is 0 Å². The van der Waals surface area contributed by atoms with Gasteiger partial charge in [-0.25, -0.2) is 9.37 Å². The third-order valence-corrected chi connectivity index (χ3v) is 11.5. The number of H-pyrrole nitrogens is 1. The second-order valence-electron chi connectivity index (χ2n) is 7.32. The zero-order valence-corrected chi connectivity index (χ0v) is 17.3. The maximum absolute atomic E-state index is 14.5. The highest BCUT2D eigenvalue weighted by Gasteiger charge is 2.41. The Morgan fingerprint density at radius 2 is 1.68 bits per heavy atom. The molecular formula is C19H24ClFN2OSi. The van der Waals surface area contributed by atoms with Crippen molar-refractivity contribution >= 4 is 30.6 Å². The summed E-state index contributed by atoms with van der Waals surface area (Å²) < 4.78 is 14.5. The van der Waals surface area contributed by atoms with Crippen molar-refractivity contribution in [2.24, 2.45) is 0 Å². The Morgan fingerprint density at radius 1 is 1.12 bits per heavy atom. The highest BCUT2D eigenvalue weighted by molar-refractivity contribution is 6.90. The van der Waals surface area contributed by atoms with Gasteiger partial charge in [-0.2, -0.15) is 0 Å². The summed E-state index contributed by atoms with van der Waals surface area (Å²) in [6, 6.07) is 2.74. The van der Waals surface area contributed by atoms with Gasteiger partial charge in [0.15, 0.2) is 0 Å². The fourth-order valence-electron chi connectivity index (χ4n) is 3.91. The van der Waals surface area contributed by atoms with Gasteiger partial charge in [-0.1, -0.05) is 47.5 Å². The van der Waals surface area contributed by atoms with Crippen LogP contribution in [0.3, 0.4) is 0 Å². The topological polar surface area (TPSA) is 45.8 Å². The summed E-state index contributed by atoms with van der Waals surface area (Å²) in [6.07, 6.45) is 0. The molecule has 1 heterocycles. The molecule has 0 saturated heterocycles. The summed E-state index contributed by atoms with van der Waals surface area (Å²) in [5.74, 6) is 2.53. The van der Waals surface area contributed by atoms with E-state index in [-0.39, 0.29) is 16.2 Å². The molecule has 0 aliphatic rings. The third-order valence-electron chi connectivity index (χ3n) is 5.06. The molecule has 0 aliphatic heterocycles. The molecule has 0 radical (unpaired) electrons. The van der Waals surface area contributed by atoms with Crippen molar-refractivity contribution in [2.45, 2.75) is 58.2 Å². The molecule has 0 aliphatic carbocycles. The first kappa shape index (κ1) is 19.7. The van der Waals surface area contributed by atoms with E-state index in [4.69, 9.17) is 11.6 Å². The minimum atomic E-state index is -2.04. The molecule has 25 heavy (non-hydrogen) atoms. The van der Waals surface area contributed by atoms with Crippen molar-refractivity contribution in [3.63, 3.8) is 0 Å². The monoisotopic (exact) mass is 378 g/mol. The Kier molecular flexibility index (Phi) is 5.75. The van der Waals surface area contributed by atoms with Gasteiger partial charge in [-0.05, 0) is 40.4 Å². The second kappa shape index (κ2) is 7.31. The smallest absolute Gasteiger partial charge is 0.261 e. The number of rotatable bonds is 3. The predicted molar refractivity (Wildman–Crippen MR) is 105 cm³/mol. The fraction of sp³-hybridized carbons (Fsp3) is 0.474. The number of benzene rings is 1. The number of fused-ring (bicyclic) bond motifs is 1. The minimum Gasteiger partial charge on any atom is -0.297 e. The van der Waals surface area contributed by atoms with Crippen molar-refractivity contribution < 1.29 is 4.39 Å². The molecule has 2 aromatic rings. The van der Waals surface area contributed by atoms with Gasteiger partial charge in [0.1, 0.15) is 13.9 Å². The summed E-state index contributed by atoms with van der Waals surface area (Å²) in [6.45, 7) is 13.1. The van der Waals surface area contributed by atoms with Crippen LogP contribution in [0.4, 0.5) is 4.39 Å². The molecule has 0 unspecified atom stereocenters. The van der Waals surface area contributed by atoms with Crippen molar-refractivity contribution in [3.8, 4) is 11.5 Å². The van der Waals surface area contributed by atoms with Gasteiger partial charge in [0, 0.05) is 0 Å². The van der Waals surface area contributed by atoms with Crippen LogP contribution in [0.1, 0.15) is 47.1 Å². The summed E-state index contributed by atoms with van der Waals surface area (Å²) in [5.41, 5.74) is 4.72. The summed E-state index contributed by atoms with van der Waals surface area (Å²) in [4.78, 5) is 18.8. The number of halogens is 2. The lowest BCUT2D eigenvalue weighted by Crippen LogP contribution is -2.43. The molecule has 1 N–H and O–H groups in total. The van der Waals surface area contributed by atoms with E-state index in [1.54, 1.807) is 0 Å². The average Bonchev–Trinajstić information content (AvgIpc) is 2.48. The maximum Gasteiger partial charge on any atom is 0.261 e. The van der Waals surface area contributed by atoms with E-state index in [2.05, 4.69) is 63.0 Å². The van der Waals surface area contributed by atoms with E-state index in [9.17, 15) is 9.18 Å². The van der Waals surface area contributed by atoms with Crippen molar-refractivity contribution in [1.82, 2.24) is 9.97 Å². The second-order valence-corrected chi connectivity index (χ2v) is 13.3. The van der Waals surface area contributed by atoms with E-state index >= 15 is 0 Å². The Balaban J connectivity index is 2.79. The molecule has 0 atom stereocenters. The van der Waals surface area contributed by atoms with E-state index in [0.717, 1.165) is 0 Å². The van der Waals surface area contributed by atoms with E-state index in [0.29, 0.717) is 22.1 Å². The quantitative estimate of drug-likeness (QED) is 0.448. The number of aromatic amines is 1. The molecule has 3 nitrogen and oxygen atoms in total. The lowest BCUT2D eigenvalue weighted by Gasteiger charge is -2.38. The zero-order chi connectivity index (χ0) is 18.9. The molecule has 1 aromatic carbocycles. The molecule has 0 spiro atoms. The van der Waals surface area contributed by atoms with Gasteiger partial charge in [0.25, 0.3) is 5.56 Å². The molecule has 0 saturated carbocycles. The Hall–Kier alpha value is -1.64. The molecule has 0 bridgehead atoms. The van der Waals surface area contributed by atoms with Crippen LogP contribution >= 0.6 is 11.6 Å². The Labute approximate surface area is 154 Å². The van der Waals surface area contributed by atoms with Crippen molar-refractivity contribution in [3.05, 3.63) is 39.2 Å². The Bertz CT molecular complexity index is 887. The largest absolute Gasteiger partial charge is 0.297 e. The molecule has 6 heteroatoms. The number of hydrogen-bond donors (Lipinski definition) is 1. The molecule has 134 valence electrons. The van der Waals surface area contributed by atoms with Gasteiger partial charge < -0.3 is 0 Å². The molecule has 0 amide bonds. The van der Waals surface area contributed by atoms with Crippen LogP contribution in [-0.4, -0.2) is 18.0 Å². The summed E-state index contributed by atoms with van der Waals surface area (Å²) >= 11 is 5.80. The lowest BCUT2D eigenvalue weighted by molar-refractivity contribution is 0.626. The molecular weight excluding hydrogens is 355 g/mol. The first-order chi connectivity index (χ1) is 11.6. The summed E-state index contributed by atoms with van der Waals surface area (Å²) in [5, 5.41) is 0.148. The number of nitrogens with zero attached hydrogens (tertiary/aromatic N) is 1. The minimum absolute atomic E-state index is 0.0155. The van der Waals surface area contributed by atoms with Crippen LogP contribution < -0.4 is 5.56 Å². The Morgan fingerprint density at radius 3 is 2.20 bits per heavy atom. The fourth-order valence-corrected chi connectivity index (χ4v) is 9.29. The van der Waals surface area contributed by atoms with Crippen LogP contribution in [-0.2, 0) is 0 Å². The molecule has 0 fully saturated rings. The number of aromatic nitrogens is 2. The highest BCUT2D eigenvalue weighted by atomic mass is 35.5. The van der Waals surface area contributed by atoms with Crippen LogP contribution in [0.2, 0.25) is 21.9 Å². The highest BCUT2D eigenvalue weighted by Crippen LogP contribution is 2.40. The van der Waals surface area contributed by atoms with Gasteiger partial charge in [-0.3, -0.25) is 9.78 Å². The first-order valence-electron chi connectivity index (χ1n) is 8.52. The van der Waals surface area contributed by atoms with Gasteiger partial charge in [-0.15, -0.1) is 5.54 Å². The molecule has 2 rings (SSSR count). The normalized spacial score (nSPS) is 12.1. The number of nitrogens with one attached hydrogen (secondary N) is 1. The van der Waals surface area contributed by atoms with Crippen molar-refractivity contribution in [2.75, 3.05) is 0 Å². The van der Waals surface area contributed by atoms with Crippen LogP contribution in [0, 0.1) is 17.3 Å². The van der Waals surface area contributed by atoms with E-state index < -0.39 is 19.5 Å². The van der Waals surface area contributed by atoms with Gasteiger partial charge in [0.05, 0.1) is 16.5 Å². The van der Waals surface area contributed by atoms with Crippen molar-refractivity contribution in [1.29, 1.82) is 0 Å². The average molecular weight is 379 g/mol.